The standard InChI is InChI=1S/C11H14F2O/c1-3-8(2)9-4-6-10(7-5-9)11(12,13)14/h4-8,14H,3H2,1-2H3. The molecule has 0 spiro atoms. The summed E-state index contributed by atoms with van der Waals surface area (Å²) in [5.74, 6) is 0.358. The minimum atomic E-state index is -3.73. The Morgan fingerprint density at radius 2 is 1.79 bits per heavy atom. The Balaban J connectivity index is 2.89. The second-order valence-electron chi connectivity index (χ2n) is 3.47. The Morgan fingerprint density at radius 3 is 2.14 bits per heavy atom. The molecular weight excluding hydrogens is 186 g/mol. The van der Waals surface area contributed by atoms with Crippen LogP contribution in [-0.2, 0) is 6.11 Å². The number of aliphatic hydroxyl groups is 1. The first-order valence-electron chi connectivity index (χ1n) is 4.65. The maximum Gasteiger partial charge on any atom is 0.380 e. The van der Waals surface area contributed by atoms with Crippen molar-refractivity contribution in [2.45, 2.75) is 32.3 Å². The molecule has 1 aromatic rings. The minimum Gasteiger partial charge on any atom is -0.332 e. The lowest BCUT2D eigenvalue weighted by molar-refractivity contribution is -0.208. The molecular formula is C11H14F2O. The van der Waals surface area contributed by atoms with Gasteiger partial charge >= 0.3 is 6.11 Å². The molecule has 0 radical (unpaired) electrons. The van der Waals surface area contributed by atoms with Gasteiger partial charge in [0.2, 0.25) is 0 Å². The fourth-order valence-corrected chi connectivity index (χ4v) is 1.25. The van der Waals surface area contributed by atoms with Crippen LogP contribution < -0.4 is 0 Å². The number of rotatable bonds is 3. The maximum atomic E-state index is 12.4. The lowest BCUT2D eigenvalue weighted by Crippen LogP contribution is -2.11. The molecule has 0 fully saturated rings. The highest BCUT2D eigenvalue weighted by Gasteiger charge is 2.27. The van der Waals surface area contributed by atoms with Crippen LogP contribution in [0.4, 0.5) is 8.78 Å². The molecule has 0 bridgehead atoms. The van der Waals surface area contributed by atoms with E-state index in [0.717, 1.165) is 12.0 Å². The van der Waals surface area contributed by atoms with Crippen LogP contribution in [0.3, 0.4) is 0 Å². The summed E-state index contributed by atoms with van der Waals surface area (Å²) >= 11 is 0. The third kappa shape index (κ3) is 2.51. The van der Waals surface area contributed by atoms with Crippen molar-refractivity contribution in [3.05, 3.63) is 35.4 Å². The van der Waals surface area contributed by atoms with Crippen LogP contribution in [0.2, 0.25) is 0 Å². The Labute approximate surface area is 82.4 Å². The highest BCUT2D eigenvalue weighted by Crippen LogP contribution is 2.26. The molecule has 0 aliphatic carbocycles. The second-order valence-corrected chi connectivity index (χ2v) is 3.47. The van der Waals surface area contributed by atoms with Gasteiger partial charge in [-0.05, 0) is 17.9 Å². The predicted octanol–water partition coefficient (Wildman–Crippen LogP) is 3.24. The summed E-state index contributed by atoms with van der Waals surface area (Å²) in [7, 11) is 0. The number of hydrogen-bond donors (Lipinski definition) is 1. The summed E-state index contributed by atoms with van der Waals surface area (Å²) in [6.45, 7) is 4.07. The number of halogens is 2. The largest absolute Gasteiger partial charge is 0.380 e. The summed E-state index contributed by atoms with van der Waals surface area (Å²) in [4.78, 5) is 0. The Morgan fingerprint density at radius 1 is 1.29 bits per heavy atom. The number of benzene rings is 1. The lowest BCUT2D eigenvalue weighted by Gasteiger charge is -2.12. The highest BCUT2D eigenvalue weighted by atomic mass is 19.3. The van der Waals surface area contributed by atoms with Gasteiger partial charge in [0, 0.05) is 0 Å². The van der Waals surface area contributed by atoms with Gasteiger partial charge in [-0.1, -0.05) is 38.1 Å². The van der Waals surface area contributed by atoms with Crippen molar-refractivity contribution in [1.29, 1.82) is 0 Å². The van der Waals surface area contributed by atoms with Gasteiger partial charge in [-0.25, -0.2) is 0 Å². The van der Waals surface area contributed by atoms with E-state index in [1.807, 2.05) is 13.8 Å². The lowest BCUT2D eigenvalue weighted by atomic mass is 9.97. The molecule has 1 nitrogen and oxygen atoms in total. The summed E-state index contributed by atoms with van der Waals surface area (Å²) < 4.78 is 24.8. The second kappa shape index (κ2) is 4.05. The summed E-state index contributed by atoms with van der Waals surface area (Å²) in [5, 5.41) is 8.44. The molecule has 1 atom stereocenters. The third-order valence-corrected chi connectivity index (χ3v) is 2.44. The van der Waals surface area contributed by atoms with E-state index in [9.17, 15) is 8.78 Å². The first-order chi connectivity index (χ1) is 6.45. The zero-order valence-corrected chi connectivity index (χ0v) is 8.30. The van der Waals surface area contributed by atoms with E-state index >= 15 is 0 Å². The predicted molar refractivity (Wildman–Crippen MR) is 51.3 cm³/mol. The van der Waals surface area contributed by atoms with Crippen LogP contribution in [-0.4, -0.2) is 5.11 Å². The van der Waals surface area contributed by atoms with Crippen LogP contribution in [0.1, 0.15) is 37.3 Å². The Bertz CT molecular complexity index is 287. The van der Waals surface area contributed by atoms with Gasteiger partial charge in [-0.3, -0.25) is 0 Å². The van der Waals surface area contributed by atoms with E-state index in [4.69, 9.17) is 5.11 Å². The summed E-state index contributed by atoms with van der Waals surface area (Å²) in [6, 6.07) is 5.80. The van der Waals surface area contributed by atoms with Crippen LogP contribution in [0.5, 0.6) is 0 Å². The van der Waals surface area contributed by atoms with Gasteiger partial charge in [0.15, 0.2) is 0 Å². The smallest absolute Gasteiger partial charge is 0.332 e. The van der Waals surface area contributed by atoms with Crippen LogP contribution in [0, 0.1) is 0 Å². The molecule has 1 rings (SSSR count). The van der Waals surface area contributed by atoms with E-state index in [0.29, 0.717) is 5.92 Å². The van der Waals surface area contributed by atoms with Crippen LogP contribution in [0.15, 0.2) is 24.3 Å². The molecule has 0 amide bonds. The van der Waals surface area contributed by atoms with E-state index < -0.39 is 6.11 Å². The van der Waals surface area contributed by atoms with Crippen LogP contribution in [0.25, 0.3) is 0 Å². The molecule has 1 N–H and O–H groups in total. The first-order valence-corrected chi connectivity index (χ1v) is 4.65. The molecule has 0 aliphatic rings. The van der Waals surface area contributed by atoms with Crippen molar-refractivity contribution < 1.29 is 13.9 Å². The molecule has 0 aliphatic heterocycles. The molecule has 78 valence electrons. The average molecular weight is 200 g/mol. The Hall–Kier alpha value is -0.960. The average Bonchev–Trinajstić information content (AvgIpc) is 2.15. The minimum absolute atomic E-state index is 0.357. The molecule has 1 unspecified atom stereocenters. The molecule has 3 heteroatoms. The topological polar surface area (TPSA) is 20.2 Å². The number of hydrogen-bond acceptors (Lipinski definition) is 1. The third-order valence-electron chi connectivity index (χ3n) is 2.44. The fourth-order valence-electron chi connectivity index (χ4n) is 1.25. The zero-order chi connectivity index (χ0) is 10.8. The van der Waals surface area contributed by atoms with Gasteiger partial charge in [-0.2, -0.15) is 8.78 Å². The van der Waals surface area contributed by atoms with Crippen LogP contribution >= 0.6 is 0 Å². The molecule has 0 saturated carbocycles. The van der Waals surface area contributed by atoms with Gasteiger partial charge in [-0.15, -0.1) is 0 Å². The van der Waals surface area contributed by atoms with E-state index in [2.05, 4.69) is 0 Å². The van der Waals surface area contributed by atoms with Crippen molar-refractivity contribution in [3.63, 3.8) is 0 Å². The molecule has 0 saturated heterocycles. The first kappa shape index (κ1) is 11.1. The Kier molecular flexibility index (Phi) is 3.21. The fraction of sp³-hybridized carbons (Fsp3) is 0.455. The van der Waals surface area contributed by atoms with Crippen molar-refractivity contribution in [1.82, 2.24) is 0 Å². The maximum absolute atomic E-state index is 12.4. The summed E-state index contributed by atoms with van der Waals surface area (Å²) in [5.41, 5.74) is 0.657. The zero-order valence-electron chi connectivity index (χ0n) is 8.30. The van der Waals surface area contributed by atoms with E-state index in [1.54, 1.807) is 12.1 Å². The SMILES string of the molecule is CCC(C)c1ccc(C(O)(F)F)cc1. The quantitative estimate of drug-likeness (QED) is 0.794. The molecule has 0 heterocycles. The van der Waals surface area contributed by atoms with Gasteiger partial charge in [0.05, 0.1) is 5.56 Å². The molecule has 14 heavy (non-hydrogen) atoms. The number of alkyl halides is 2. The van der Waals surface area contributed by atoms with Gasteiger partial charge < -0.3 is 5.11 Å². The van der Waals surface area contributed by atoms with Gasteiger partial charge in [0.1, 0.15) is 0 Å². The van der Waals surface area contributed by atoms with Crippen molar-refractivity contribution >= 4 is 0 Å². The van der Waals surface area contributed by atoms with Gasteiger partial charge in [0.25, 0.3) is 0 Å². The monoisotopic (exact) mass is 200 g/mol. The summed E-state index contributed by atoms with van der Waals surface area (Å²) in [6.07, 6.45) is -2.76. The van der Waals surface area contributed by atoms with E-state index in [-0.39, 0.29) is 5.56 Å². The molecule has 1 aromatic carbocycles. The normalized spacial score (nSPS) is 14.1. The van der Waals surface area contributed by atoms with E-state index in [1.165, 1.54) is 12.1 Å². The van der Waals surface area contributed by atoms with Crippen molar-refractivity contribution in [2.24, 2.45) is 0 Å². The van der Waals surface area contributed by atoms with Crippen molar-refractivity contribution in [3.8, 4) is 0 Å². The molecule has 0 aromatic heterocycles. The van der Waals surface area contributed by atoms with Crippen molar-refractivity contribution in [2.75, 3.05) is 0 Å². The highest BCUT2D eigenvalue weighted by molar-refractivity contribution is 5.26.